The average molecular weight is 485 g/mol. The van der Waals surface area contributed by atoms with Crippen molar-refractivity contribution in [2.45, 2.75) is 39.7 Å². The predicted molar refractivity (Wildman–Crippen MR) is 130 cm³/mol. The van der Waals surface area contributed by atoms with Gasteiger partial charge in [0, 0.05) is 29.4 Å². The molecule has 1 fully saturated rings. The third kappa shape index (κ3) is 4.26. The lowest BCUT2D eigenvalue weighted by molar-refractivity contribution is -0.136. The number of carbonyl (C=O) groups is 2. The van der Waals surface area contributed by atoms with E-state index in [4.69, 9.17) is 25.8 Å². The Bertz CT molecular complexity index is 1200. The summed E-state index contributed by atoms with van der Waals surface area (Å²) in [6.45, 7) is 6.85. The van der Waals surface area contributed by atoms with E-state index in [1.807, 2.05) is 38.1 Å². The van der Waals surface area contributed by atoms with Gasteiger partial charge in [0.25, 0.3) is 5.91 Å². The van der Waals surface area contributed by atoms with Crippen LogP contribution in [-0.2, 0) is 19.1 Å². The van der Waals surface area contributed by atoms with Gasteiger partial charge in [0.2, 0.25) is 0 Å². The van der Waals surface area contributed by atoms with Gasteiger partial charge in [0.1, 0.15) is 5.75 Å². The number of benzene rings is 1. The molecule has 0 spiro atoms. The Morgan fingerprint density at radius 2 is 2.00 bits per heavy atom. The summed E-state index contributed by atoms with van der Waals surface area (Å²) in [5.74, 6) is -0.144. The second-order valence-electron chi connectivity index (χ2n) is 8.54. The van der Waals surface area contributed by atoms with Gasteiger partial charge in [0.05, 0.1) is 43.0 Å². The summed E-state index contributed by atoms with van der Waals surface area (Å²) in [6.07, 6.45) is 3.62. The van der Waals surface area contributed by atoms with Gasteiger partial charge in [-0.15, -0.1) is 0 Å². The number of amides is 1. The molecule has 1 amide bonds. The Morgan fingerprint density at radius 3 is 2.62 bits per heavy atom. The lowest BCUT2D eigenvalue weighted by atomic mass is 10.0. The third-order valence-corrected chi connectivity index (χ3v) is 6.77. The zero-order valence-electron chi connectivity index (χ0n) is 20.1. The van der Waals surface area contributed by atoms with E-state index in [2.05, 4.69) is 4.57 Å². The molecule has 1 saturated heterocycles. The second kappa shape index (κ2) is 9.68. The van der Waals surface area contributed by atoms with Crippen LogP contribution >= 0.6 is 11.6 Å². The van der Waals surface area contributed by atoms with Crippen LogP contribution in [0.15, 0.2) is 41.1 Å². The number of esters is 1. The van der Waals surface area contributed by atoms with E-state index in [1.54, 1.807) is 25.0 Å². The molecule has 1 aromatic carbocycles. The van der Waals surface area contributed by atoms with Gasteiger partial charge in [-0.25, -0.2) is 4.79 Å². The first kappa shape index (κ1) is 24.1. The SMILES string of the molecule is COC(=O)C1=C(C)N(CC2CCCO2)C(=O)C1=Cc1cc(C)n(-c2ccc(OC)c(Cl)c2)c1C. The Balaban J connectivity index is 1.75. The number of hydrogen-bond acceptors (Lipinski definition) is 5. The van der Waals surface area contributed by atoms with Gasteiger partial charge in [0.15, 0.2) is 0 Å². The molecule has 8 heteroatoms. The van der Waals surface area contributed by atoms with E-state index in [0.29, 0.717) is 40.8 Å². The van der Waals surface area contributed by atoms with Gasteiger partial charge < -0.3 is 23.7 Å². The Labute approximate surface area is 204 Å². The molecule has 2 aliphatic rings. The monoisotopic (exact) mass is 484 g/mol. The van der Waals surface area contributed by atoms with E-state index >= 15 is 0 Å². The van der Waals surface area contributed by atoms with Crippen LogP contribution in [0.2, 0.25) is 5.02 Å². The van der Waals surface area contributed by atoms with E-state index < -0.39 is 5.97 Å². The normalized spacial score (nSPS) is 19.5. The molecule has 0 N–H and O–H groups in total. The van der Waals surface area contributed by atoms with Crippen LogP contribution in [0.5, 0.6) is 5.75 Å². The highest BCUT2D eigenvalue weighted by atomic mass is 35.5. The van der Waals surface area contributed by atoms with Crippen molar-refractivity contribution in [3.05, 3.63) is 63.1 Å². The molecule has 1 unspecified atom stereocenters. The maximum absolute atomic E-state index is 13.4. The fourth-order valence-corrected chi connectivity index (χ4v) is 4.97. The fourth-order valence-electron chi connectivity index (χ4n) is 4.72. The minimum atomic E-state index is -0.525. The highest BCUT2D eigenvalue weighted by Crippen LogP contribution is 2.35. The molecular formula is C26H29ClN2O5. The van der Waals surface area contributed by atoms with Gasteiger partial charge in [-0.3, -0.25) is 4.79 Å². The largest absolute Gasteiger partial charge is 0.495 e. The molecule has 2 aliphatic heterocycles. The molecule has 7 nitrogen and oxygen atoms in total. The first-order chi connectivity index (χ1) is 16.3. The van der Waals surface area contributed by atoms with Crippen LogP contribution in [0, 0.1) is 13.8 Å². The molecular weight excluding hydrogens is 456 g/mol. The topological polar surface area (TPSA) is 70.0 Å². The number of hydrogen-bond donors (Lipinski definition) is 0. The van der Waals surface area contributed by atoms with E-state index in [9.17, 15) is 9.59 Å². The molecule has 1 aromatic heterocycles. The molecule has 4 rings (SSSR count). The van der Waals surface area contributed by atoms with Crippen molar-refractivity contribution in [3.63, 3.8) is 0 Å². The zero-order valence-corrected chi connectivity index (χ0v) is 20.9. The Morgan fingerprint density at radius 1 is 1.24 bits per heavy atom. The fraction of sp³-hybridized carbons (Fsp3) is 0.385. The van der Waals surface area contributed by atoms with Crippen molar-refractivity contribution >= 4 is 29.6 Å². The summed E-state index contributed by atoms with van der Waals surface area (Å²) in [5, 5.41) is 0.509. The number of allylic oxidation sites excluding steroid dienone is 1. The molecule has 0 aliphatic carbocycles. The summed E-state index contributed by atoms with van der Waals surface area (Å²) in [6, 6.07) is 7.57. The number of aryl methyl sites for hydroxylation is 1. The van der Waals surface area contributed by atoms with Crippen LogP contribution in [0.25, 0.3) is 11.8 Å². The number of methoxy groups -OCH3 is 2. The quantitative estimate of drug-likeness (QED) is 0.442. The summed E-state index contributed by atoms with van der Waals surface area (Å²) in [7, 11) is 2.90. The van der Waals surface area contributed by atoms with Gasteiger partial charge in [-0.1, -0.05) is 11.6 Å². The van der Waals surface area contributed by atoms with Gasteiger partial charge in [-0.05, 0) is 69.5 Å². The Hall–Kier alpha value is -3.03. The van der Waals surface area contributed by atoms with Crippen LogP contribution in [0.4, 0.5) is 0 Å². The highest BCUT2D eigenvalue weighted by molar-refractivity contribution is 6.32. The van der Waals surface area contributed by atoms with Crippen LogP contribution in [0.1, 0.15) is 36.7 Å². The van der Waals surface area contributed by atoms with Crippen molar-refractivity contribution in [3.8, 4) is 11.4 Å². The number of rotatable bonds is 6. The number of ether oxygens (including phenoxy) is 3. The molecule has 3 heterocycles. The van der Waals surface area contributed by atoms with Gasteiger partial charge in [-0.2, -0.15) is 0 Å². The number of nitrogens with zero attached hydrogens (tertiary/aromatic N) is 2. The molecule has 0 radical (unpaired) electrons. The standard InChI is InChI=1S/C26H29ClN2O5/c1-15-11-18(16(2)29(15)19-8-9-23(32-4)22(27)13-19)12-21-24(26(31)33-5)17(3)28(25(21)30)14-20-7-6-10-34-20/h8-9,11-13,20H,6-7,10,14H2,1-5H3. The maximum atomic E-state index is 13.4. The van der Waals surface area contributed by atoms with E-state index in [1.165, 1.54) is 7.11 Å². The number of aromatic nitrogens is 1. The lowest BCUT2D eigenvalue weighted by Crippen LogP contribution is -2.33. The van der Waals surface area contributed by atoms with Crippen molar-refractivity contribution < 1.29 is 23.8 Å². The first-order valence-electron chi connectivity index (χ1n) is 11.2. The second-order valence-corrected chi connectivity index (χ2v) is 8.95. The van der Waals surface area contributed by atoms with Crippen molar-refractivity contribution in [1.82, 2.24) is 9.47 Å². The summed E-state index contributed by atoms with van der Waals surface area (Å²) < 4.78 is 18.1. The molecule has 180 valence electrons. The van der Waals surface area contributed by atoms with Crippen molar-refractivity contribution in [1.29, 1.82) is 0 Å². The van der Waals surface area contributed by atoms with Crippen LogP contribution in [-0.4, -0.2) is 54.8 Å². The molecule has 0 bridgehead atoms. The minimum absolute atomic E-state index is 0.0259. The summed E-state index contributed by atoms with van der Waals surface area (Å²) in [5.41, 5.74) is 4.81. The third-order valence-electron chi connectivity index (χ3n) is 6.47. The smallest absolute Gasteiger partial charge is 0.340 e. The van der Waals surface area contributed by atoms with Gasteiger partial charge >= 0.3 is 5.97 Å². The summed E-state index contributed by atoms with van der Waals surface area (Å²) in [4.78, 5) is 27.7. The average Bonchev–Trinajstić information content (AvgIpc) is 3.48. The maximum Gasteiger partial charge on any atom is 0.340 e. The molecule has 0 saturated carbocycles. The van der Waals surface area contributed by atoms with Crippen LogP contribution < -0.4 is 4.74 Å². The molecule has 1 atom stereocenters. The molecule has 2 aromatic rings. The molecule has 34 heavy (non-hydrogen) atoms. The first-order valence-corrected chi connectivity index (χ1v) is 11.6. The zero-order chi connectivity index (χ0) is 24.6. The van der Waals surface area contributed by atoms with Crippen LogP contribution in [0.3, 0.4) is 0 Å². The predicted octanol–water partition coefficient (Wildman–Crippen LogP) is 4.61. The van der Waals surface area contributed by atoms with E-state index in [-0.39, 0.29) is 12.0 Å². The highest BCUT2D eigenvalue weighted by Gasteiger charge is 2.38. The van der Waals surface area contributed by atoms with Crippen molar-refractivity contribution in [2.24, 2.45) is 0 Å². The Kier molecular flexibility index (Phi) is 6.86. The summed E-state index contributed by atoms with van der Waals surface area (Å²) >= 11 is 6.35. The van der Waals surface area contributed by atoms with Crippen molar-refractivity contribution in [2.75, 3.05) is 27.4 Å². The number of carbonyl (C=O) groups excluding carboxylic acids is 2. The number of halogens is 1. The minimum Gasteiger partial charge on any atom is -0.495 e. The lowest BCUT2D eigenvalue weighted by Gasteiger charge is -2.21. The van der Waals surface area contributed by atoms with E-state index in [0.717, 1.165) is 35.5 Å².